The number of nitrogens with zero attached hydrogens (tertiary/aromatic N) is 2. The van der Waals surface area contributed by atoms with Gasteiger partial charge in [-0.25, -0.2) is 0 Å². The number of nitrogens with one attached hydrogen (secondary N) is 1. The molecule has 0 bridgehead atoms. The molecule has 6 heteroatoms. The first-order valence-electron chi connectivity index (χ1n) is 8.77. The molecule has 1 amide bonds. The number of Topliss-reactive ketones (excluding diaryl/α,β-unsaturated/α-hetero) is 1. The Balaban J connectivity index is 1.50. The number of rotatable bonds is 4. The van der Waals surface area contributed by atoms with Crippen LogP contribution < -0.4 is 5.32 Å². The summed E-state index contributed by atoms with van der Waals surface area (Å²) in [5.41, 5.74) is 1.43. The van der Waals surface area contributed by atoms with Crippen molar-refractivity contribution in [2.45, 2.75) is 37.8 Å². The van der Waals surface area contributed by atoms with E-state index in [1.807, 2.05) is 30.3 Å². The number of hydrogen-bond donors (Lipinski definition) is 1. The molecule has 3 heterocycles. The van der Waals surface area contributed by atoms with Crippen molar-refractivity contribution in [3.05, 3.63) is 53.3 Å². The Morgan fingerprint density at radius 3 is 2.84 bits per heavy atom. The van der Waals surface area contributed by atoms with Crippen LogP contribution in [0.4, 0.5) is 0 Å². The lowest BCUT2D eigenvalue weighted by Gasteiger charge is -2.29. The molecular formula is C19H21N3O3. The van der Waals surface area contributed by atoms with Crippen molar-refractivity contribution < 1.29 is 14.3 Å². The maximum absolute atomic E-state index is 12.5. The fourth-order valence-electron chi connectivity index (χ4n) is 3.66. The fourth-order valence-corrected chi connectivity index (χ4v) is 3.66. The molecule has 1 fully saturated rings. The highest BCUT2D eigenvalue weighted by atomic mass is 16.5. The van der Waals surface area contributed by atoms with Crippen LogP contribution in [-0.4, -0.2) is 34.6 Å². The van der Waals surface area contributed by atoms with Crippen LogP contribution in [0.3, 0.4) is 0 Å². The van der Waals surface area contributed by atoms with Gasteiger partial charge in [0.25, 0.3) is 5.91 Å². The zero-order valence-electron chi connectivity index (χ0n) is 14.0. The number of carbonyl (C=O) groups is 2. The number of hydrogen-bond acceptors (Lipinski definition) is 4. The summed E-state index contributed by atoms with van der Waals surface area (Å²) in [6, 6.07) is 11.6. The fraction of sp³-hybridized carbons (Fsp3) is 0.421. The molecule has 2 aliphatic rings. The van der Waals surface area contributed by atoms with E-state index in [4.69, 9.17) is 4.74 Å². The molecule has 6 nitrogen and oxygen atoms in total. The van der Waals surface area contributed by atoms with Crippen LogP contribution in [0.25, 0.3) is 0 Å². The zero-order valence-corrected chi connectivity index (χ0v) is 14.0. The third-order valence-electron chi connectivity index (χ3n) is 5.01. The summed E-state index contributed by atoms with van der Waals surface area (Å²) < 4.78 is 7.66. The van der Waals surface area contributed by atoms with Crippen molar-refractivity contribution in [3.63, 3.8) is 0 Å². The summed E-state index contributed by atoms with van der Waals surface area (Å²) in [5.74, 6) is -0.210. The second kappa shape index (κ2) is 6.44. The standard InChI is InChI=1S/C19H21N3O3/c23-17-8-4-10-22-16(17)12-15(21-22)18(24)20-13-19(9-5-11-25-19)14-6-2-1-3-7-14/h1-3,6-7,12H,4-5,8-11,13H2,(H,20,24)/t19-/m1/s1. The molecule has 2 aliphatic heterocycles. The molecule has 25 heavy (non-hydrogen) atoms. The molecule has 0 spiro atoms. The van der Waals surface area contributed by atoms with E-state index in [1.54, 1.807) is 10.7 Å². The number of fused-ring (bicyclic) bond motifs is 1. The average Bonchev–Trinajstić information content (AvgIpc) is 3.29. The molecule has 0 saturated carbocycles. The van der Waals surface area contributed by atoms with Gasteiger partial charge in [0.1, 0.15) is 11.3 Å². The first-order valence-corrected chi connectivity index (χ1v) is 8.77. The Kier molecular flexibility index (Phi) is 4.13. The van der Waals surface area contributed by atoms with Gasteiger partial charge < -0.3 is 10.1 Å². The van der Waals surface area contributed by atoms with Crippen molar-refractivity contribution >= 4 is 11.7 Å². The number of carbonyl (C=O) groups excluding carboxylic acids is 2. The van der Waals surface area contributed by atoms with E-state index in [9.17, 15) is 9.59 Å². The highest BCUT2D eigenvalue weighted by molar-refractivity contribution is 5.99. The number of ether oxygens (including phenoxy) is 1. The van der Waals surface area contributed by atoms with E-state index in [-0.39, 0.29) is 11.7 Å². The molecule has 0 unspecified atom stereocenters. The minimum atomic E-state index is -0.480. The van der Waals surface area contributed by atoms with E-state index >= 15 is 0 Å². The maximum atomic E-state index is 12.5. The molecule has 1 saturated heterocycles. The average molecular weight is 339 g/mol. The molecule has 1 aromatic carbocycles. The Bertz CT molecular complexity index is 792. The zero-order chi connectivity index (χ0) is 17.3. The van der Waals surface area contributed by atoms with Gasteiger partial charge in [-0.3, -0.25) is 14.3 Å². The van der Waals surface area contributed by atoms with Crippen LogP contribution in [0, 0.1) is 0 Å². The maximum Gasteiger partial charge on any atom is 0.271 e. The Morgan fingerprint density at radius 2 is 2.12 bits per heavy atom. The van der Waals surface area contributed by atoms with E-state index in [2.05, 4.69) is 10.4 Å². The third-order valence-corrected chi connectivity index (χ3v) is 5.01. The topological polar surface area (TPSA) is 73.2 Å². The lowest BCUT2D eigenvalue weighted by molar-refractivity contribution is 0.00131. The van der Waals surface area contributed by atoms with E-state index in [1.165, 1.54) is 0 Å². The smallest absolute Gasteiger partial charge is 0.271 e. The van der Waals surface area contributed by atoms with E-state index < -0.39 is 5.60 Å². The second-order valence-corrected chi connectivity index (χ2v) is 6.66. The Labute approximate surface area is 146 Å². The number of aromatic nitrogens is 2. The molecule has 2 aromatic rings. The van der Waals surface area contributed by atoms with Gasteiger partial charge in [0.2, 0.25) is 0 Å². The van der Waals surface area contributed by atoms with Gasteiger partial charge in [-0.15, -0.1) is 0 Å². The van der Waals surface area contributed by atoms with Gasteiger partial charge in [0.15, 0.2) is 11.5 Å². The number of benzene rings is 1. The molecule has 1 aromatic heterocycles. The van der Waals surface area contributed by atoms with Gasteiger partial charge >= 0.3 is 0 Å². The van der Waals surface area contributed by atoms with Crippen molar-refractivity contribution in [1.82, 2.24) is 15.1 Å². The predicted octanol–water partition coefficient (Wildman–Crippen LogP) is 2.30. The number of aryl methyl sites for hydroxylation is 1. The molecule has 0 radical (unpaired) electrons. The van der Waals surface area contributed by atoms with E-state index in [0.29, 0.717) is 37.5 Å². The molecule has 4 rings (SSSR count). The molecular weight excluding hydrogens is 318 g/mol. The summed E-state index contributed by atoms with van der Waals surface area (Å²) >= 11 is 0. The van der Waals surface area contributed by atoms with Crippen molar-refractivity contribution in [3.8, 4) is 0 Å². The predicted molar refractivity (Wildman–Crippen MR) is 91.4 cm³/mol. The first kappa shape index (κ1) is 16.0. The van der Waals surface area contributed by atoms with Crippen molar-refractivity contribution in [1.29, 1.82) is 0 Å². The van der Waals surface area contributed by atoms with Gasteiger partial charge in [-0.2, -0.15) is 5.10 Å². The second-order valence-electron chi connectivity index (χ2n) is 6.66. The summed E-state index contributed by atoms with van der Waals surface area (Å²) in [4.78, 5) is 24.5. The summed E-state index contributed by atoms with van der Waals surface area (Å²) in [5, 5.41) is 7.24. The summed E-state index contributed by atoms with van der Waals surface area (Å²) in [6.07, 6.45) is 3.14. The van der Waals surface area contributed by atoms with Crippen molar-refractivity contribution in [2.75, 3.05) is 13.2 Å². The molecule has 130 valence electrons. The van der Waals surface area contributed by atoms with Gasteiger partial charge in [0.05, 0.1) is 6.54 Å². The first-order chi connectivity index (χ1) is 12.2. The quantitative estimate of drug-likeness (QED) is 0.928. The minimum absolute atomic E-state index is 0.0534. The van der Waals surface area contributed by atoms with Crippen LogP contribution in [-0.2, 0) is 16.9 Å². The highest BCUT2D eigenvalue weighted by Crippen LogP contribution is 2.35. The monoisotopic (exact) mass is 339 g/mol. The minimum Gasteiger partial charge on any atom is -0.368 e. The summed E-state index contributed by atoms with van der Waals surface area (Å²) in [7, 11) is 0. The van der Waals surface area contributed by atoms with Gasteiger partial charge in [-0.05, 0) is 24.8 Å². The Hall–Kier alpha value is -2.47. The lowest BCUT2D eigenvalue weighted by Crippen LogP contribution is -2.40. The molecule has 0 aliphatic carbocycles. The molecule has 1 atom stereocenters. The van der Waals surface area contributed by atoms with Crippen molar-refractivity contribution in [2.24, 2.45) is 0 Å². The highest BCUT2D eigenvalue weighted by Gasteiger charge is 2.37. The normalized spacial score (nSPS) is 22.6. The lowest BCUT2D eigenvalue weighted by atomic mass is 9.90. The number of amides is 1. The van der Waals surface area contributed by atoms with Gasteiger partial charge in [-0.1, -0.05) is 30.3 Å². The van der Waals surface area contributed by atoms with E-state index in [0.717, 1.165) is 24.8 Å². The SMILES string of the molecule is O=C(NC[C@@]1(c2ccccc2)CCCO1)c1cc2n(n1)CCCC2=O. The van der Waals surface area contributed by atoms with Crippen LogP contribution in [0.2, 0.25) is 0 Å². The van der Waals surface area contributed by atoms with Crippen LogP contribution in [0.15, 0.2) is 36.4 Å². The van der Waals surface area contributed by atoms with Crippen LogP contribution in [0.1, 0.15) is 52.2 Å². The third kappa shape index (κ3) is 2.98. The van der Waals surface area contributed by atoms with Gasteiger partial charge in [0, 0.05) is 25.6 Å². The Morgan fingerprint density at radius 1 is 1.28 bits per heavy atom. The number of ketones is 1. The largest absolute Gasteiger partial charge is 0.368 e. The summed E-state index contributed by atoms with van der Waals surface area (Å²) in [6.45, 7) is 1.77. The van der Waals surface area contributed by atoms with Crippen LogP contribution >= 0.6 is 0 Å². The molecule has 1 N–H and O–H groups in total. The van der Waals surface area contributed by atoms with Crippen LogP contribution in [0.5, 0.6) is 0 Å².